The van der Waals surface area contributed by atoms with Crippen LogP contribution in [0, 0.1) is 5.95 Å². The van der Waals surface area contributed by atoms with Gasteiger partial charge in [-0.1, -0.05) is 23.7 Å². The van der Waals surface area contributed by atoms with E-state index in [4.69, 9.17) is 16.3 Å². The zero-order valence-electron chi connectivity index (χ0n) is 9.48. The zero-order chi connectivity index (χ0) is 13.1. The Labute approximate surface area is 108 Å². The fourth-order valence-electron chi connectivity index (χ4n) is 1.70. The van der Waals surface area contributed by atoms with Crippen LogP contribution >= 0.6 is 11.6 Å². The van der Waals surface area contributed by atoms with Crippen molar-refractivity contribution in [3.8, 4) is 16.9 Å². The summed E-state index contributed by atoms with van der Waals surface area (Å²) in [4.78, 5) is 14.4. The molecule has 1 aromatic carbocycles. The molecule has 0 aliphatic carbocycles. The number of methoxy groups -OCH3 is 1. The highest BCUT2D eigenvalue weighted by Crippen LogP contribution is 2.33. The Bertz CT molecular complexity index is 602. The van der Waals surface area contributed by atoms with Crippen LogP contribution in [0.3, 0.4) is 0 Å². The summed E-state index contributed by atoms with van der Waals surface area (Å²) in [5.41, 5.74) is 1.05. The summed E-state index contributed by atoms with van der Waals surface area (Å²) in [6.45, 7) is 0. The van der Waals surface area contributed by atoms with Gasteiger partial charge in [-0.25, -0.2) is 4.98 Å². The molecule has 0 saturated carbocycles. The molecular formula is C13H9ClFNO2. The van der Waals surface area contributed by atoms with Gasteiger partial charge in [0.25, 0.3) is 0 Å². The summed E-state index contributed by atoms with van der Waals surface area (Å²) in [6, 6.07) is 7.87. The number of pyridine rings is 1. The van der Waals surface area contributed by atoms with E-state index in [1.807, 2.05) is 0 Å². The Kier molecular flexibility index (Phi) is 3.58. The van der Waals surface area contributed by atoms with Gasteiger partial charge in [0.2, 0.25) is 5.95 Å². The Hall–Kier alpha value is -1.94. The van der Waals surface area contributed by atoms with Gasteiger partial charge in [-0.05, 0) is 18.2 Å². The van der Waals surface area contributed by atoms with Gasteiger partial charge >= 0.3 is 0 Å². The van der Waals surface area contributed by atoms with Crippen LogP contribution in [0.1, 0.15) is 10.4 Å². The lowest BCUT2D eigenvalue weighted by Crippen LogP contribution is -1.96. The molecule has 0 atom stereocenters. The lowest BCUT2D eigenvalue weighted by molar-refractivity contribution is 0.112. The first-order valence-corrected chi connectivity index (χ1v) is 5.49. The average molecular weight is 266 g/mol. The molecule has 0 N–H and O–H groups in total. The number of benzene rings is 1. The highest BCUT2D eigenvalue weighted by Gasteiger charge is 2.14. The number of carbonyl (C=O) groups is 1. The number of carbonyl (C=O) groups excluding carboxylic acids is 1. The highest BCUT2D eigenvalue weighted by atomic mass is 35.5. The van der Waals surface area contributed by atoms with Crippen LogP contribution < -0.4 is 4.74 Å². The molecule has 0 aliphatic rings. The van der Waals surface area contributed by atoms with Crippen molar-refractivity contribution in [2.45, 2.75) is 0 Å². The van der Waals surface area contributed by atoms with Gasteiger partial charge in [0.1, 0.15) is 10.9 Å². The van der Waals surface area contributed by atoms with Gasteiger partial charge in [0.15, 0.2) is 6.29 Å². The topological polar surface area (TPSA) is 39.2 Å². The predicted octanol–water partition coefficient (Wildman–Crippen LogP) is 3.36. The van der Waals surface area contributed by atoms with Crippen molar-refractivity contribution >= 4 is 17.9 Å². The van der Waals surface area contributed by atoms with Gasteiger partial charge in [-0.3, -0.25) is 4.79 Å². The molecule has 0 fully saturated rings. The third kappa shape index (κ3) is 2.19. The first kappa shape index (κ1) is 12.5. The van der Waals surface area contributed by atoms with Crippen molar-refractivity contribution in [3.63, 3.8) is 0 Å². The Morgan fingerprint density at radius 1 is 1.28 bits per heavy atom. The zero-order valence-corrected chi connectivity index (χ0v) is 10.2. The Morgan fingerprint density at radius 3 is 2.67 bits per heavy atom. The first-order chi connectivity index (χ1) is 8.67. The largest absolute Gasteiger partial charge is 0.495 e. The summed E-state index contributed by atoms with van der Waals surface area (Å²) in [5, 5.41) is 0.0711. The lowest BCUT2D eigenvalue weighted by Gasteiger charge is -2.11. The molecule has 0 spiro atoms. The van der Waals surface area contributed by atoms with E-state index in [0.29, 0.717) is 23.2 Å². The molecule has 1 aromatic heterocycles. The van der Waals surface area contributed by atoms with E-state index in [2.05, 4.69) is 4.98 Å². The summed E-state index contributed by atoms with van der Waals surface area (Å²) in [7, 11) is 1.42. The van der Waals surface area contributed by atoms with Gasteiger partial charge in [-0.2, -0.15) is 4.39 Å². The first-order valence-electron chi connectivity index (χ1n) is 5.12. The maximum Gasteiger partial charge on any atom is 0.222 e. The van der Waals surface area contributed by atoms with E-state index in [-0.39, 0.29) is 10.7 Å². The average Bonchev–Trinajstić information content (AvgIpc) is 2.37. The number of hydrogen-bond acceptors (Lipinski definition) is 3. The predicted molar refractivity (Wildman–Crippen MR) is 66.6 cm³/mol. The summed E-state index contributed by atoms with van der Waals surface area (Å²) >= 11 is 5.60. The number of aromatic nitrogens is 1. The van der Waals surface area contributed by atoms with E-state index in [9.17, 15) is 9.18 Å². The Morgan fingerprint density at radius 2 is 2.06 bits per heavy atom. The molecule has 5 heteroatoms. The van der Waals surface area contributed by atoms with Crippen LogP contribution in [0.25, 0.3) is 11.1 Å². The third-order valence-corrected chi connectivity index (χ3v) is 2.69. The molecule has 18 heavy (non-hydrogen) atoms. The van der Waals surface area contributed by atoms with E-state index in [1.165, 1.54) is 19.2 Å². The highest BCUT2D eigenvalue weighted by molar-refractivity contribution is 6.29. The fraction of sp³-hybridized carbons (Fsp3) is 0.0769. The number of nitrogens with zero attached hydrogens (tertiary/aromatic N) is 1. The van der Waals surface area contributed by atoms with Crippen molar-refractivity contribution in [1.29, 1.82) is 0 Å². The molecule has 2 rings (SSSR count). The molecule has 1 heterocycles. The van der Waals surface area contributed by atoms with Crippen molar-refractivity contribution in [1.82, 2.24) is 4.98 Å². The number of hydrogen-bond donors (Lipinski definition) is 0. The second-order valence-corrected chi connectivity index (χ2v) is 3.91. The molecule has 0 radical (unpaired) electrons. The van der Waals surface area contributed by atoms with E-state index in [0.717, 1.165) is 0 Å². The molecule has 2 aromatic rings. The lowest BCUT2D eigenvalue weighted by atomic mass is 10.0. The molecule has 0 amide bonds. The quantitative estimate of drug-likeness (QED) is 0.631. The minimum atomic E-state index is -0.705. The SMILES string of the molecule is COc1c(C=O)cccc1-c1ccc(Cl)nc1F. The van der Waals surface area contributed by atoms with E-state index in [1.54, 1.807) is 18.2 Å². The maximum atomic E-state index is 13.7. The van der Waals surface area contributed by atoms with Gasteiger partial charge in [0.05, 0.1) is 12.7 Å². The number of ether oxygens (including phenoxy) is 1. The number of halogens is 2. The van der Waals surface area contributed by atoms with Gasteiger partial charge in [-0.15, -0.1) is 0 Å². The van der Waals surface area contributed by atoms with Crippen LogP contribution in [0.2, 0.25) is 5.15 Å². The van der Waals surface area contributed by atoms with E-state index >= 15 is 0 Å². The molecule has 0 saturated heterocycles. The van der Waals surface area contributed by atoms with Crippen molar-refractivity contribution in [3.05, 3.63) is 47.0 Å². The van der Waals surface area contributed by atoms with Gasteiger partial charge < -0.3 is 4.74 Å². The van der Waals surface area contributed by atoms with Crippen LogP contribution in [0.15, 0.2) is 30.3 Å². The number of rotatable bonds is 3. The smallest absolute Gasteiger partial charge is 0.222 e. The summed E-state index contributed by atoms with van der Waals surface area (Å²) in [5.74, 6) is -0.389. The van der Waals surface area contributed by atoms with Crippen molar-refractivity contribution < 1.29 is 13.9 Å². The summed E-state index contributed by atoms with van der Waals surface area (Å²) in [6.07, 6.45) is 0.656. The summed E-state index contributed by atoms with van der Waals surface area (Å²) < 4.78 is 18.9. The molecule has 0 unspecified atom stereocenters. The van der Waals surface area contributed by atoms with Crippen molar-refractivity contribution in [2.24, 2.45) is 0 Å². The molecule has 0 bridgehead atoms. The number of para-hydroxylation sites is 1. The van der Waals surface area contributed by atoms with Crippen LogP contribution in [-0.2, 0) is 0 Å². The second kappa shape index (κ2) is 5.14. The standard InChI is InChI=1S/C13H9ClFNO2/c1-18-12-8(7-17)3-2-4-9(12)10-5-6-11(14)16-13(10)15/h2-7H,1H3. The molecule has 92 valence electrons. The minimum absolute atomic E-state index is 0.0711. The monoisotopic (exact) mass is 265 g/mol. The number of aldehydes is 1. The second-order valence-electron chi connectivity index (χ2n) is 3.52. The molecule has 0 aliphatic heterocycles. The van der Waals surface area contributed by atoms with E-state index < -0.39 is 5.95 Å². The fourth-order valence-corrected chi connectivity index (χ4v) is 1.84. The van der Waals surface area contributed by atoms with Crippen molar-refractivity contribution in [2.75, 3.05) is 7.11 Å². The maximum absolute atomic E-state index is 13.7. The Balaban J connectivity index is 2.67. The molecule has 3 nitrogen and oxygen atoms in total. The van der Waals surface area contributed by atoms with Crippen LogP contribution in [0.5, 0.6) is 5.75 Å². The normalized spacial score (nSPS) is 10.2. The molecular weight excluding hydrogens is 257 g/mol. The van der Waals surface area contributed by atoms with Crippen LogP contribution in [0.4, 0.5) is 4.39 Å². The van der Waals surface area contributed by atoms with Crippen LogP contribution in [-0.4, -0.2) is 18.4 Å². The van der Waals surface area contributed by atoms with Gasteiger partial charge in [0, 0.05) is 11.1 Å². The minimum Gasteiger partial charge on any atom is -0.495 e. The third-order valence-electron chi connectivity index (χ3n) is 2.48.